The number of ether oxygens (including phenoxy) is 2. The van der Waals surface area contributed by atoms with Crippen LogP contribution in [0.1, 0.15) is 107 Å². The van der Waals surface area contributed by atoms with E-state index >= 15 is 0 Å². The number of benzene rings is 2. The number of aromatic nitrogens is 2. The van der Waals surface area contributed by atoms with Crippen molar-refractivity contribution < 1.29 is 35.9 Å². The lowest BCUT2D eigenvalue weighted by Gasteiger charge is -2.37. The summed E-state index contributed by atoms with van der Waals surface area (Å²) in [7, 11) is -0.287. The van der Waals surface area contributed by atoms with Gasteiger partial charge < -0.3 is 9.47 Å². The molecule has 0 saturated heterocycles. The summed E-state index contributed by atoms with van der Waals surface area (Å²) in [6.45, 7) is 18.4. The predicted molar refractivity (Wildman–Crippen MR) is 208 cm³/mol. The van der Waals surface area contributed by atoms with Gasteiger partial charge in [-0.05, 0) is 122 Å². The summed E-state index contributed by atoms with van der Waals surface area (Å²) in [4.78, 5) is 26.4. The SMILES string of the molecule is COC1(C)CCS(=O)(=O)c2c(C)c(/C(C)=C3\C(=O)N(C)N=C3C)cc(C)c21.COC1(C)CCS(=O)(=O)c2c(C)c(C(=O)c3c(C)nn(C)c3C)cc(C)c21. The summed E-state index contributed by atoms with van der Waals surface area (Å²) in [5.41, 5.74) is 7.86. The first kappa shape index (κ1) is 41.2. The third-order valence-corrected chi connectivity index (χ3v) is 15.4. The molecule has 2 atom stereocenters. The Kier molecular flexibility index (Phi) is 10.6. The Labute approximate surface area is 319 Å². The van der Waals surface area contributed by atoms with Crippen molar-refractivity contribution in [2.75, 3.05) is 32.8 Å². The zero-order valence-corrected chi connectivity index (χ0v) is 35.5. The van der Waals surface area contributed by atoms with Crippen LogP contribution in [-0.4, -0.2) is 81.8 Å². The van der Waals surface area contributed by atoms with E-state index in [2.05, 4.69) is 10.2 Å². The molecule has 4 heterocycles. The number of methoxy groups -OCH3 is 2. The smallest absolute Gasteiger partial charge is 0.275 e. The molecule has 0 radical (unpaired) electrons. The number of carbonyl (C=O) groups is 2. The van der Waals surface area contributed by atoms with Gasteiger partial charge in [-0.25, -0.2) is 21.8 Å². The topological polar surface area (TPSA) is 154 Å². The van der Waals surface area contributed by atoms with E-state index in [0.717, 1.165) is 33.5 Å². The number of nitrogens with zero attached hydrogens (tertiary/aromatic N) is 4. The number of likely N-dealkylation sites (N-methyl/N-ethyl adjacent to an activating group) is 1. The van der Waals surface area contributed by atoms with Gasteiger partial charge >= 0.3 is 0 Å². The number of rotatable bonds is 5. The van der Waals surface area contributed by atoms with Crippen LogP contribution in [0.2, 0.25) is 0 Å². The van der Waals surface area contributed by atoms with Crippen LogP contribution in [0, 0.1) is 41.5 Å². The molecule has 3 aliphatic heterocycles. The van der Waals surface area contributed by atoms with Crippen LogP contribution in [0.3, 0.4) is 0 Å². The standard InChI is InChI=1S/2C20H26N2O4S/c1-11-10-15(18(23)16-13(3)21-22(6)14(16)4)12(2)19-17(11)20(5,26-7)8-9-27(19,24)25;1-11-10-15(12(2)16-14(4)21-22(6)19(16)23)13(3)18-17(11)20(5,26-7)8-9-27(18,24)25/h2*10H,8-9H2,1-7H3/b;16-12-. The third-order valence-electron chi connectivity index (χ3n) is 11.7. The van der Waals surface area contributed by atoms with Crippen LogP contribution in [0.25, 0.3) is 5.57 Å². The van der Waals surface area contributed by atoms with Crippen LogP contribution < -0.4 is 0 Å². The van der Waals surface area contributed by atoms with Crippen LogP contribution in [0.5, 0.6) is 0 Å². The van der Waals surface area contributed by atoms with E-state index in [0.29, 0.717) is 62.5 Å². The van der Waals surface area contributed by atoms with Gasteiger partial charge in [0.05, 0.1) is 55.0 Å². The van der Waals surface area contributed by atoms with Crippen molar-refractivity contribution in [1.29, 1.82) is 0 Å². The Morgan fingerprint density at radius 2 is 1.22 bits per heavy atom. The maximum absolute atomic E-state index is 13.3. The molecule has 0 saturated carbocycles. The highest BCUT2D eigenvalue weighted by Gasteiger charge is 2.44. The number of sulfone groups is 2. The number of hydrogen-bond acceptors (Lipinski definition) is 10. The number of carbonyl (C=O) groups excluding carboxylic acids is 2. The summed E-state index contributed by atoms with van der Waals surface area (Å²) >= 11 is 0. The lowest BCUT2D eigenvalue weighted by atomic mass is 9.84. The van der Waals surface area contributed by atoms with Crippen LogP contribution in [0.15, 0.2) is 32.6 Å². The second-order valence-corrected chi connectivity index (χ2v) is 19.3. The molecule has 0 aliphatic carbocycles. The van der Waals surface area contributed by atoms with E-state index in [1.807, 2.05) is 54.5 Å². The molecular weight excluding hydrogens is 729 g/mol. The fraction of sp³-hybridized carbons (Fsp3) is 0.500. The first-order chi connectivity index (χ1) is 24.9. The minimum atomic E-state index is -3.48. The molecule has 2 unspecified atom stereocenters. The average Bonchev–Trinajstić information content (AvgIpc) is 3.51. The summed E-state index contributed by atoms with van der Waals surface area (Å²) < 4.78 is 64.8. The molecule has 292 valence electrons. The van der Waals surface area contributed by atoms with E-state index in [-0.39, 0.29) is 28.1 Å². The fourth-order valence-electron chi connectivity index (χ4n) is 8.45. The molecule has 0 N–H and O–H groups in total. The number of fused-ring (bicyclic) bond motifs is 2. The summed E-state index contributed by atoms with van der Waals surface area (Å²) in [6.07, 6.45) is 0.820. The molecule has 0 fully saturated rings. The molecule has 0 bridgehead atoms. The lowest BCUT2D eigenvalue weighted by Crippen LogP contribution is -2.36. The molecule has 14 heteroatoms. The highest BCUT2D eigenvalue weighted by Crippen LogP contribution is 2.46. The molecule has 6 rings (SSSR count). The Bertz CT molecular complexity index is 2420. The van der Waals surface area contributed by atoms with Gasteiger partial charge in [0.15, 0.2) is 25.5 Å². The number of aryl methyl sites for hydroxylation is 4. The number of ketones is 1. The van der Waals surface area contributed by atoms with E-state index in [1.54, 1.807) is 59.8 Å². The Morgan fingerprint density at radius 1 is 0.778 bits per heavy atom. The number of allylic oxidation sites excluding steroid dienone is 1. The van der Waals surface area contributed by atoms with Crippen molar-refractivity contribution >= 4 is 42.6 Å². The van der Waals surface area contributed by atoms with Crippen LogP contribution in [0.4, 0.5) is 0 Å². The average molecular weight is 781 g/mol. The van der Waals surface area contributed by atoms with Gasteiger partial charge in [-0.2, -0.15) is 10.2 Å². The molecule has 3 aromatic rings. The number of amides is 1. The Morgan fingerprint density at radius 3 is 1.61 bits per heavy atom. The van der Waals surface area contributed by atoms with Gasteiger partial charge in [0, 0.05) is 50.7 Å². The normalized spacial score (nSPS) is 23.6. The fourth-order valence-corrected chi connectivity index (χ4v) is 12.7. The maximum atomic E-state index is 13.3. The van der Waals surface area contributed by atoms with Gasteiger partial charge in [0.25, 0.3) is 5.91 Å². The largest absolute Gasteiger partial charge is 0.374 e. The molecule has 0 spiro atoms. The van der Waals surface area contributed by atoms with Gasteiger partial charge in [0.1, 0.15) is 0 Å². The number of hydrogen-bond donors (Lipinski definition) is 0. The highest BCUT2D eigenvalue weighted by atomic mass is 32.2. The van der Waals surface area contributed by atoms with Crippen molar-refractivity contribution in [1.82, 2.24) is 14.8 Å². The lowest BCUT2D eigenvalue weighted by molar-refractivity contribution is -0.124. The van der Waals surface area contributed by atoms with Gasteiger partial charge in [-0.3, -0.25) is 14.3 Å². The summed E-state index contributed by atoms with van der Waals surface area (Å²) in [5.74, 6) is -0.315. The third kappa shape index (κ3) is 6.48. The van der Waals surface area contributed by atoms with E-state index in [4.69, 9.17) is 9.47 Å². The molecule has 1 amide bonds. The van der Waals surface area contributed by atoms with E-state index in [9.17, 15) is 26.4 Å². The molecular formula is C40H52N4O8S2. The molecule has 2 aromatic carbocycles. The highest BCUT2D eigenvalue weighted by molar-refractivity contribution is 7.91. The maximum Gasteiger partial charge on any atom is 0.275 e. The van der Waals surface area contributed by atoms with E-state index < -0.39 is 30.9 Å². The van der Waals surface area contributed by atoms with Gasteiger partial charge in [0.2, 0.25) is 0 Å². The molecule has 12 nitrogen and oxygen atoms in total. The second kappa shape index (κ2) is 13.9. The first-order valence-corrected chi connectivity index (χ1v) is 21.1. The van der Waals surface area contributed by atoms with Crippen molar-refractivity contribution in [2.24, 2.45) is 12.1 Å². The van der Waals surface area contributed by atoms with Gasteiger partial charge in [-0.1, -0.05) is 6.07 Å². The van der Waals surface area contributed by atoms with Gasteiger partial charge in [-0.15, -0.1) is 0 Å². The van der Waals surface area contributed by atoms with E-state index in [1.165, 1.54) is 5.01 Å². The Hall–Kier alpha value is -3.98. The zero-order valence-electron chi connectivity index (χ0n) is 33.9. The monoisotopic (exact) mass is 780 g/mol. The summed E-state index contributed by atoms with van der Waals surface area (Å²) in [6, 6.07) is 3.76. The van der Waals surface area contributed by atoms with Crippen LogP contribution >= 0.6 is 0 Å². The second-order valence-electron chi connectivity index (χ2n) is 15.2. The first-order valence-electron chi connectivity index (χ1n) is 17.8. The minimum Gasteiger partial charge on any atom is -0.374 e. The molecule has 54 heavy (non-hydrogen) atoms. The molecule has 3 aliphatic rings. The van der Waals surface area contributed by atoms with Crippen molar-refractivity contribution in [3.8, 4) is 0 Å². The van der Waals surface area contributed by atoms with Crippen LogP contribution in [-0.2, 0) is 52.2 Å². The summed E-state index contributed by atoms with van der Waals surface area (Å²) in [5, 5.41) is 9.84. The van der Waals surface area contributed by atoms with Crippen molar-refractivity contribution in [3.63, 3.8) is 0 Å². The zero-order chi connectivity index (χ0) is 40.6. The Balaban J connectivity index is 0.000000208. The van der Waals surface area contributed by atoms with Crippen molar-refractivity contribution in [3.05, 3.63) is 79.2 Å². The van der Waals surface area contributed by atoms with Crippen molar-refractivity contribution in [2.45, 2.75) is 103 Å². The quantitative estimate of drug-likeness (QED) is 0.228. The molecule has 1 aromatic heterocycles. The predicted octanol–water partition coefficient (Wildman–Crippen LogP) is 5.89. The number of hydrazone groups is 1. The minimum absolute atomic E-state index is 0.00715.